The molecule has 1 heterocycles. The Morgan fingerprint density at radius 1 is 1.00 bits per heavy atom. The lowest BCUT2D eigenvalue weighted by Crippen LogP contribution is -2.04. The number of aromatic hydroxyl groups is 1. The van der Waals surface area contributed by atoms with Gasteiger partial charge >= 0.3 is 0 Å². The first-order chi connectivity index (χ1) is 14.1. The fraction of sp³-hybridized carbons (Fsp3) is 0.440. The van der Waals surface area contributed by atoms with Crippen LogP contribution in [-0.2, 0) is 0 Å². The summed E-state index contributed by atoms with van der Waals surface area (Å²) >= 11 is 0. The highest BCUT2D eigenvalue weighted by atomic mass is 16.3. The third-order valence-electron chi connectivity index (χ3n) is 5.57. The molecule has 0 spiro atoms. The van der Waals surface area contributed by atoms with Crippen molar-refractivity contribution in [3.05, 3.63) is 60.2 Å². The summed E-state index contributed by atoms with van der Waals surface area (Å²) in [6.07, 6.45) is 11.9. The Balaban J connectivity index is 1.75. The number of benzene rings is 2. The SMILES string of the molecule is C=CC(CCCCCCCCC)c1cc(C)cc(-n2nc3ccccc3n2)c1O. The van der Waals surface area contributed by atoms with Gasteiger partial charge in [0, 0.05) is 11.5 Å². The first kappa shape index (κ1) is 21.1. The zero-order valence-corrected chi connectivity index (χ0v) is 17.8. The van der Waals surface area contributed by atoms with Crippen LogP contribution in [0.15, 0.2) is 49.1 Å². The van der Waals surface area contributed by atoms with E-state index in [2.05, 4.69) is 29.8 Å². The van der Waals surface area contributed by atoms with Crippen molar-refractivity contribution in [1.82, 2.24) is 15.0 Å². The number of aromatic nitrogens is 3. The molecule has 1 N–H and O–H groups in total. The van der Waals surface area contributed by atoms with Crippen molar-refractivity contribution in [1.29, 1.82) is 0 Å². The average Bonchev–Trinajstić information content (AvgIpc) is 3.16. The van der Waals surface area contributed by atoms with E-state index in [1.807, 2.05) is 43.3 Å². The average molecular weight is 392 g/mol. The number of unbranched alkanes of at least 4 members (excludes halogenated alkanes) is 6. The van der Waals surface area contributed by atoms with Gasteiger partial charge in [-0.2, -0.15) is 0 Å². The Hall–Kier alpha value is -2.62. The predicted molar refractivity (Wildman–Crippen MR) is 121 cm³/mol. The number of rotatable bonds is 11. The van der Waals surface area contributed by atoms with E-state index in [4.69, 9.17) is 0 Å². The molecule has 0 aliphatic rings. The first-order valence-electron chi connectivity index (χ1n) is 10.9. The van der Waals surface area contributed by atoms with E-state index < -0.39 is 0 Å². The normalized spacial score (nSPS) is 12.3. The molecule has 29 heavy (non-hydrogen) atoms. The Labute approximate surface area is 174 Å². The van der Waals surface area contributed by atoms with Crippen molar-refractivity contribution in [2.24, 2.45) is 0 Å². The minimum Gasteiger partial charge on any atom is -0.505 e. The molecule has 1 atom stereocenters. The fourth-order valence-electron chi connectivity index (χ4n) is 3.91. The predicted octanol–water partition coefficient (Wildman–Crippen LogP) is 6.84. The topological polar surface area (TPSA) is 50.9 Å². The van der Waals surface area contributed by atoms with E-state index in [9.17, 15) is 5.11 Å². The second-order valence-corrected chi connectivity index (χ2v) is 7.95. The molecule has 0 radical (unpaired) electrons. The van der Waals surface area contributed by atoms with Crippen LogP contribution in [0.1, 0.15) is 75.3 Å². The van der Waals surface area contributed by atoms with E-state index in [1.165, 1.54) is 38.5 Å². The molecule has 1 aromatic heterocycles. The van der Waals surface area contributed by atoms with E-state index >= 15 is 0 Å². The summed E-state index contributed by atoms with van der Waals surface area (Å²) in [7, 11) is 0. The Kier molecular flexibility index (Phi) is 7.45. The van der Waals surface area contributed by atoms with Gasteiger partial charge in [0.1, 0.15) is 22.5 Å². The molecule has 3 rings (SSSR count). The summed E-state index contributed by atoms with van der Waals surface area (Å²) in [6.45, 7) is 8.33. The molecule has 0 aliphatic heterocycles. The fourth-order valence-corrected chi connectivity index (χ4v) is 3.91. The summed E-state index contributed by atoms with van der Waals surface area (Å²) in [5, 5.41) is 20.1. The van der Waals surface area contributed by atoms with Crippen LogP contribution >= 0.6 is 0 Å². The molecule has 3 aromatic rings. The summed E-state index contributed by atoms with van der Waals surface area (Å²) in [5.41, 5.74) is 4.27. The van der Waals surface area contributed by atoms with Crippen LogP contribution in [0.2, 0.25) is 0 Å². The van der Waals surface area contributed by atoms with Gasteiger partial charge in [-0.15, -0.1) is 21.6 Å². The molecule has 2 aromatic carbocycles. The summed E-state index contributed by atoms with van der Waals surface area (Å²) in [4.78, 5) is 1.55. The van der Waals surface area contributed by atoms with Crippen molar-refractivity contribution < 1.29 is 5.11 Å². The van der Waals surface area contributed by atoms with Crippen LogP contribution in [0.4, 0.5) is 0 Å². The lowest BCUT2D eigenvalue weighted by molar-refractivity contribution is 0.454. The summed E-state index contributed by atoms with van der Waals surface area (Å²) < 4.78 is 0. The second-order valence-electron chi connectivity index (χ2n) is 7.95. The van der Waals surface area contributed by atoms with Crippen molar-refractivity contribution >= 4 is 11.0 Å². The number of phenolic OH excluding ortho intramolecular Hbond substituents is 1. The van der Waals surface area contributed by atoms with E-state index in [0.29, 0.717) is 5.69 Å². The quantitative estimate of drug-likeness (QED) is 0.287. The number of aryl methyl sites for hydroxylation is 1. The minimum absolute atomic E-state index is 0.134. The molecular formula is C25H33N3O. The molecule has 0 bridgehead atoms. The Morgan fingerprint density at radius 3 is 2.24 bits per heavy atom. The van der Waals surface area contributed by atoms with E-state index in [-0.39, 0.29) is 11.7 Å². The van der Waals surface area contributed by atoms with Crippen LogP contribution in [0.3, 0.4) is 0 Å². The maximum Gasteiger partial charge on any atom is 0.146 e. The Morgan fingerprint density at radius 2 is 1.62 bits per heavy atom. The zero-order chi connectivity index (χ0) is 20.6. The highest BCUT2D eigenvalue weighted by molar-refractivity contribution is 5.73. The lowest BCUT2D eigenvalue weighted by atomic mass is 9.90. The number of fused-ring (bicyclic) bond motifs is 1. The number of nitrogens with zero attached hydrogens (tertiary/aromatic N) is 3. The van der Waals surface area contributed by atoms with Crippen molar-refractivity contribution in [3.8, 4) is 11.4 Å². The van der Waals surface area contributed by atoms with Gasteiger partial charge in [-0.05, 0) is 37.1 Å². The van der Waals surface area contributed by atoms with Gasteiger partial charge in [0.2, 0.25) is 0 Å². The number of hydrogen-bond acceptors (Lipinski definition) is 3. The highest BCUT2D eigenvalue weighted by Crippen LogP contribution is 2.36. The molecule has 0 fully saturated rings. The van der Waals surface area contributed by atoms with Gasteiger partial charge in [-0.1, -0.05) is 76.1 Å². The van der Waals surface area contributed by atoms with Gasteiger partial charge in [-0.25, -0.2) is 0 Å². The van der Waals surface area contributed by atoms with Crippen molar-refractivity contribution in [3.63, 3.8) is 0 Å². The molecule has 4 heteroatoms. The maximum atomic E-state index is 11.0. The van der Waals surface area contributed by atoms with Gasteiger partial charge in [0.25, 0.3) is 0 Å². The number of allylic oxidation sites excluding steroid dienone is 1. The van der Waals surface area contributed by atoms with Crippen LogP contribution in [-0.4, -0.2) is 20.1 Å². The van der Waals surface area contributed by atoms with Crippen LogP contribution < -0.4 is 0 Å². The van der Waals surface area contributed by atoms with E-state index in [1.54, 1.807) is 4.80 Å². The maximum absolute atomic E-state index is 11.0. The van der Waals surface area contributed by atoms with Gasteiger partial charge < -0.3 is 5.11 Å². The van der Waals surface area contributed by atoms with E-state index in [0.717, 1.165) is 35.0 Å². The number of phenols is 1. The molecule has 0 amide bonds. The molecular weight excluding hydrogens is 358 g/mol. The smallest absolute Gasteiger partial charge is 0.146 e. The first-order valence-corrected chi connectivity index (χ1v) is 10.9. The zero-order valence-electron chi connectivity index (χ0n) is 17.8. The molecule has 154 valence electrons. The molecule has 0 saturated carbocycles. The monoisotopic (exact) mass is 391 g/mol. The summed E-state index contributed by atoms with van der Waals surface area (Å²) in [6, 6.07) is 11.7. The standard InChI is InChI=1S/C25H33N3O/c1-4-6-7-8-9-10-11-14-20(5-2)21-17-19(3)18-24(25(21)29)28-26-22-15-12-13-16-23(22)27-28/h5,12-13,15-18,20,29H,2,4,6-11,14H2,1,3H3. The molecule has 1 unspecified atom stereocenters. The third-order valence-corrected chi connectivity index (χ3v) is 5.57. The Bertz CT molecular complexity index is 911. The highest BCUT2D eigenvalue weighted by Gasteiger charge is 2.18. The minimum atomic E-state index is 0.134. The molecule has 0 saturated heterocycles. The van der Waals surface area contributed by atoms with Gasteiger partial charge in [0.05, 0.1) is 0 Å². The van der Waals surface area contributed by atoms with Crippen molar-refractivity contribution in [2.45, 2.75) is 71.1 Å². The van der Waals surface area contributed by atoms with Crippen LogP contribution in [0.5, 0.6) is 5.75 Å². The third kappa shape index (κ3) is 5.26. The van der Waals surface area contributed by atoms with Crippen LogP contribution in [0.25, 0.3) is 16.7 Å². The molecule has 4 nitrogen and oxygen atoms in total. The largest absolute Gasteiger partial charge is 0.505 e. The van der Waals surface area contributed by atoms with Crippen LogP contribution in [0, 0.1) is 6.92 Å². The lowest BCUT2D eigenvalue weighted by Gasteiger charge is -2.17. The molecule has 0 aliphatic carbocycles. The second kappa shape index (κ2) is 10.2. The van der Waals surface area contributed by atoms with Crippen molar-refractivity contribution in [2.75, 3.05) is 0 Å². The van der Waals surface area contributed by atoms with Gasteiger partial charge in [-0.3, -0.25) is 0 Å². The summed E-state index contributed by atoms with van der Waals surface area (Å²) in [5.74, 6) is 0.387. The number of hydrogen-bond donors (Lipinski definition) is 1. The van der Waals surface area contributed by atoms with Gasteiger partial charge in [0.15, 0.2) is 0 Å².